The van der Waals surface area contributed by atoms with E-state index in [-0.39, 0.29) is 17.7 Å². The Morgan fingerprint density at radius 1 is 1.11 bits per heavy atom. The van der Waals surface area contributed by atoms with E-state index >= 15 is 0 Å². The van der Waals surface area contributed by atoms with Gasteiger partial charge in [0.15, 0.2) is 0 Å². The molecule has 27 heavy (non-hydrogen) atoms. The zero-order valence-corrected chi connectivity index (χ0v) is 16.9. The summed E-state index contributed by atoms with van der Waals surface area (Å²) in [6.45, 7) is 3.22. The zero-order valence-electron chi connectivity index (χ0n) is 15.3. The summed E-state index contributed by atoms with van der Waals surface area (Å²) in [5.74, 6) is -0.0370. The van der Waals surface area contributed by atoms with Gasteiger partial charge in [-0.1, -0.05) is 52.3 Å². The largest absolute Gasteiger partial charge is 0.339 e. The van der Waals surface area contributed by atoms with Gasteiger partial charge in [0.1, 0.15) is 0 Å². The predicted octanol–water partition coefficient (Wildman–Crippen LogP) is 4.65. The number of piperidine rings is 1. The van der Waals surface area contributed by atoms with Gasteiger partial charge in [-0.25, -0.2) is 0 Å². The maximum Gasteiger partial charge on any atom is 0.246 e. The van der Waals surface area contributed by atoms with Gasteiger partial charge in [-0.3, -0.25) is 9.59 Å². The van der Waals surface area contributed by atoms with E-state index in [2.05, 4.69) is 21.2 Å². The molecule has 1 N–H and O–H groups in total. The molecular weight excluding hydrogens is 404 g/mol. The van der Waals surface area contributed by atoms with Crippen LogP contribution >= 0.6 is 15.9 Å². The molecule has 5 heteroatoms. The molecule has 2 aromatic carbocycles. The number of benzene rings is 2. The summed E-state index contributed by atoms with van der Waals surface area (Å²) in [5, 5.41) is 2.98. The normalized spacial score (nSPS) is 15.1. The number of carbonyl (C=O) groups excluding carboxylic acids is 2. The summed E-state index contributed by atoms with van der Waals surface area (Å²) in [5.41, 5.74) is 2.93. The number of amides is 2. The van der Waals surface area contributed by atoms with Crippen LogP contribution in [0.2, 0.25) is 0 Å². The van der Waals surface area contributed by atoms with Crippen LogP contribution < -0.4 is 5.32 Å². The number of halogens is 1. The first-order chi connectivity index (χ1) is 13.0. The Labute approximate surface area is 168 Å². The van der Waals surface area contributed by atoms with E-state index < -0.39 is 0 Å². The van der Waals surface area contributed by atoms with Crippen molar-refractivity contribution in [1.82, 2.24) is 4.90 Å². The van der Waals surface area contributed by atoms with E-state index in [9.17, 15) is 9.59 Å². The molecule has 2 amide bonds. The molecule has 1 fully saturated rings. The topological polar surface area (TPSA) is 49.4 Å². The average molecular weight is 427 g/mol. The highest BCUT2D eigenvalue weighted by molar-refractivity contribution is 9.10. The zero-order chi connectivity index (χ0) is 19.2. The van der Waals surface area contributed by atoms with E-state index in [1.54, 1.807) is 6.08 Å². The summed E-state index contributed by atoms with van der Waals surface area (Å²) in [6, 6.07) is 15.6. The molecule has 0 radical (unpaired) electrons. The fraction of sp³-hybridized carbons (Fsp3) is 0.273. The average Bonchev–Trinajstić information content (AvgIpc) is 2.70. The van der Waals surface area contributed by atoms with Crippen molar-refractivity contribution >= 4 is 39.5 Å². The second-order valence-electron chi connectivity index (χ2n) is 6.80. The van der Waals surface area contributed by atoms with Crippen molar-refractivity contribution < 1.29 is 9.59 Å². The molecule has 2 aromatic rings. The van der Waals surface area contributed by atoms with Crippen LogP contribution in [-0.4, -0.2) is 29.8 Å². The van der Waals surface area contributed by atoms with Gasteiger partial charge in [0.2, 0.25) is 11.8 Å². The van der Waals surface area contributed by atoms with Crippen molar-refractivity contribution in [3.05, 3.63) is 70.2 Å². The Morgan fingerprint density at radius 3 is 2.48 bits per heavy atom. The van der Waals surface area contributed by atoms with Gasteiger partial charge < -0.3 is 10.2 Å². The first kappa shape index (κ1) is 19.4. The smallest absolute Gasteiger partial charge is 0.246 e. The number of aryl methyl sites for hydroxylation is 1. The molecule has 1 aliphatic rings. The summed E-state index contributed by atoms with van der Waals surface area (Å²) in [7, 11) is 0. The quantitative estimate of drug-likeness (QED) is 0.723. The number of rotatable bonds is 4. The van der Waals surface area contributed by atoms with Gasteiger partial charge in [-0.2, -0.15) is 0 Å². The summed E-state index contributed by atoms with van der Waals surface area (Å²) in [4.78, 5) is 26.7. The van der Waals surface area contributed by atoms with Crippen LogP contribution in [0.25, 0.3) is 6.08 Å². The molecule has 0 unspecified atom stereocenters. The van der Waals surface area contributed by atoms with Gasteiger partial charge in [0, 0.05) is 35.2 Å². The molecule has 1 heterocycles. The van der Waals surface area contributed by atoms with Crippen LogP contribution in [-0.2, 0) is 9.59 Å². The number of likely N-dealkylation sites (tertiary alicyclic amines) is 1. The molecule has 1 aliphatic heterocycles. The molecule has 0 aliphatic carbocycles. The van der Waals surface area contributed by atoms with E-state index in [4.69, 9.17) is 0 Å². The molecule has 0 atom stereocenters. The van der Waals surface area contributed by atoms with Crippen molar-refractivity contribution in [3.63, 3.8) is 0 Å². The Hall–Kier alpha value is -2.40. The molecule has 0 bridgehead atoms. The van der Waals surface area contributed by atoms with Crippen LogP contribution in [0.5, 0.6) is 0 Å². The summed E-state index contributed by atoms with van der Waals surface area (Å²) >= 11 is 3.49. The summed E-state index contributed by atoms with van der Waals surface area (Å²) < 4.78 is 0.978. The highest BCUT2D eigenvalue weighted by Crippen LogP contribution is 2.23. The van der Waals surface area contributed by atoms with Gasteiger partial charge in [-0.05, 0) is 49.1 Å². The first-order valence-electron chi connectivity index (χ1n) is 9.12. The molecule has 140 valence electrons. The number of hydrogen-bond donors (Lipinski definition) is 1. The third kappa shape index (κ3) is 5.30. The third-order valence-corrected chi connectivity index (χ3v) is 5.69. The molecule has 0 spiro atoms. The highest BCUT2D eigenvalue weighted by Gasteiger charge is 2.26. The number of carbonyl (C=O) groups is 2. The van der Waals surface area contributed by atoms with Crippen LogP contribution in [0.4, 0.5) is 5.69 Å². The van der Waals surface area contributed by atoms with Crippen molar-refractivity contribution in [2.45, 2.75) is 19.8 Å². The maximum absolute atomic E-state index is 12.5. The Kier molecular flexibility index (Phi) is 6.45. The maximum atomic E-state index is 12.5. The third-order valence-electron chi connectivity index (χ3n) is 4.83. The molecule has 4 nitrogen and oxygen atoms in total. The van der Waals surface area contributed by atoms with Gasteiger partial charge >= 0.3 is 0 Å². The lowest BCUT2D eigenvalue weighted by Gasteiger charge is -2.30. The van der Waals surface area contributed by atoms with Crippen molar-refractivity contribution in [2.24, 2.45) is 5.92 Å². The van der Waals surface area contributed by atoms with Crippen molar-refractivity contribution in [3.8, 4) is 0 Å². The van der Waals surface area contributed by atoms with Crippen LogP contribution in [0.15, 0.2) is 59.1 Å². The fourth-order valence-electron chi connectivity index (χ4n) is 3.11. The minimum atomic E-state index is -0.0627. The lowest BCUT2D eigenvalue weighted by atomic mass is 9.95. The van der Waals surface area contributed by atoms with Gasteiger partial charge in [-0.15, -0.1) is 0 Å². The molecule has 0 aromatic heterocycles. The summed E-state index contributed by atoms with van der Waals surface area (Å²) in [6.07, 6.45) is 4.81. The van der Waals surface area contributed by atoms with Crippen LogP contribution in [0, 0.1) is 12.8 Å². The van der Waals surface area contributed by atoms with Crippen LogP contribution in [0.1, 0.15) is 24.0 Å². The molecular formula is C22H23BrN2O2. The van der Waals surface area contributed by atoms with E-state index in [1.165, 1.54) is 0 Å². The second-order valence-corrected chi connectivity index (χ2v) is 7.65. The van der Waals surface area contributed by atoms with E-state index in [1.807, 2.05) is 66.4 Å². The lowest BCUT2D eigenvalue weighted by Crippen LogP contribution is -2.40. The monoisotopic (exact) mass is 426 g/mol. The number of hydrogen-bond acceptors (Lipinski definition) is 2. The lowest BCUT2D eigenvalue weighted by molar-refractivity contribution is -0.130. The number of nitrogens with one attached hydrogen (secondary N) is 1. The standard InChI is InChI=1S/C22H23BrN2O2/c1-16-7-9-19(15-20(16)23)24-22(27)18-11-13-25(14-12-18)21(26)10-8-17-5-3-2-4-6-17/h2-10,15,18H,11-14H2,1H3,(H,24,27). The molecule has 0 saturated carbocycles. The van der Waals surface area contributed by atoms with E-state index in [0.717, 1.165) is 21.3 Å². The fourth-order valence-corrected chi connectivity index (χ4v) is 3.49. The number of nitrogens with zero attached hydrogens (tertiary/aromatic N) is 1. The molecule has 1 saturated heterocycles. The number of anilines is 1. The minimum Gasteiger partial charge on any atom is -0.339 e. The second kappa shape index (κ2) is 9.00. The Balaban J connectivity index is 1.50. The SMILES string of the molecule is Cc1ccc(NC(=O)C2CCN(C(=O)C=Cc3ccccc3)CC2)cc1Br. The first-order valence-corrected chi connectivity index (χ1v) is 9.91. The van der Waals surface area contributed by atoms with Crippen LogP contribution in [0.3, 0.4) is 0 Å². The van der Waals surface area contributed by atoms with E-state index in [0.29, 0.717) is 25.9 Å². The van der Waals surface area contributed by atoms with Gasteiger partial charge in [0.25, 0.3) is 0 Å². The predicted molar refractivity (Wildman–Crippen MR) is 112 cm³/mol. The van der Waals surface area contributed by atoms with Gasteiger partial charge in [0.05, 0.1) is 0 Å². The minimum absolute atomic E-state index is 0.000163. The Bertz CT molecular complexity index is 841. The van der Waals surface area contributed by atoms with Crippen molar-refractivity contribution in [2.75, 3.05) is 18.4 Å². The Morgan fingerprint density at radius 2 is 1.81 bits per heavy atom. The van der Waals surface area contributed by atoms with Crippen molar-refractivity contribution in [1.29, 1.82) is 0 Å². The highest BCUT2D eigenvalue weighted by atomic mass is 79.9. The molecule has 3 rings (SSSR count).